The fourth-order valence-electron chi connectivity index (χ4n) is 1.58. The minimum atomic E-state index is 0.0181. The average molecular weight is 299 g/mol. The highest BCUT2D eigenvalue weighted by molar-refractivity contribution is 9.10. The number of amides is 1. The molecule has 0 aliphatic carbocycles. The smallest absolute Gasteiger partial charge is 0.253 e. The van der Waals surface area contributed by atoms with Gasteiger partial charge in [-0.3, -0.25) is 4.79 Å². The Morgan fingerprint density at radius 2 is 2.18 bits per heavy atom. The van der Waals surface area contributed by atoms with Gasteiger partial charge in [-0.05, 0) is 40.0 Å². The van der Waals surface area contributed by atoms with E-state index in [1.807, 2.05) is 7.05 Å². The Kier molecular flexibility index (Phi) is 5.00. The quantitative estimate of drug-likeness (QED) is 0.868. The van der Waals surface area contributed by atoms with E-state index in [1.54, 1.807) is 23.1 Å². The highest BCUT2D eigenvalue weighted by Crippen LogP contribution is 2.21. The van der Waals surface area contributed by atoms with Crippen molar-refractivity contribution >= 4 is 27.5 Å². The molecule has 0 aromatic heterocycles. The number of benzene rings is 1. The molecule has 94 valence electrons. The lowest BCUT2D eigenvalue weighted by molar-refractivity contribution is 0.0775. The molecule has 1 rings (SSSR count). The Morgan fingerprint density at radius 3 is 2.71 bits per heavy atom. The molecule has 0 fully saturated rings. The molecule has 0 aliphatic heterocycles. The summed E-state index contributed by atoms with van der Waals surface area (Å²) in [5.74, 6) is 0.529. The molecular formula is C13H19BrN2O. The molecule has 0 bridgehead atoms. The first kappa shape index (κ1) is 14.0. The van der Waals surface area contributed by atoms with Crippen LogP contribution in [-0.2, 0) is 0 Å². The van der Waals surface area contributed by atoms with Gasteiger partial charge in [0, 0.05) is 29.3 Å². The zero-order valence-corrected chi connectivity index (χ0v) is 12.1. The van der Waals surface area contributed by atoms with Crippen LogP contribution in [0.25, 0.3) is 0 Å². The van der Waals surface area contributed by atoms with Crippen molar-refractivity contribution in [3.05, 3.63) is 28.2 Å². The zero-order chi connectivity index (χ0) is 13.0. The Morgan fingerprint density at radius 1 is 1.53 bits per heavy atom. The number of rotatable bonds is 4. The number of carbonyl (C=O) groups excluding carboxylic acids is 1. The number of nitrogens with zero attached hydrogens (tertiary/aromatic N) is 1. The van der Waals surface area contributed by atoms with E-state index in [-0.39, 0.29) is 5.91 Å². The van der Waals surface area contributed by atoms with Gasteiger partial charge >= 0.3 is 0 Å². The Balaban J connectivity index is 2.78. The molecule has 0 saturated heterocycles. The molecule has 1 atom stereocenters. The van der Waals surface area contributed by atoms with E-state index in [0.717, 1.165) is 17.4 Å². The molecule has 17 heavy (non-hydrogen) atoms. The summed E-state index contributed by atoms with van der Waals surface area (Å²) in [5.41, 5.74) is 6.99. The molecule has 4 heteroatoms. The van der Waals surface area contributed by atoms with Gasteiger partial charge in [0.15, 0.2) is 0 Å². The third kappa shape index (κ3) is 3.73. The van der Waals surface area contributed by atoms with Crippen LogP contribution >= 0.6 is 15.9 Å². The Bertz CT molecular complexity index is 406. The molecule has 0 saturated carbocycles. The lowest BCUT2D eigenvalue weighted by Crippen LogP contribution is -2.30. The van der Waals surface area contributed by atoms with Gasteiger partial charge < -0.3 is 10.6 Å². The fourth-order valence-corrected chi connectivity index (χ4v) is 1.82. The van der Waals surface area contributed by atoms with Gasteiger partial charge in [0.2, 0.25) is 0 Å². The van der Waals surface area contributed by atoms with E-state index >= 15 is 0 Å². The van der Waals surface area contributed by atoms with E-state index in [0.29, 0.717) is 17.2 Å². The van der Waals surface area contributed by atoms with Gasteiger partial charge in [-0.2, -0.15) is 0 Å². The predicted molar refractivity (Wildman–Crippen MR) is 75.0 cm³/mol. The maximum Gasteiger partial charge on any atom is 0.253 e. The molecule has 0 spiro atoms. The van der Waals surface area contributed by atoms with Gasteiger partial charge in [0.05, 0.1) is 0 Å². The minimum Gasteiger partial charge on any atom is -0.398 e. The maximum atomic E-state index is 12.1. The average Bonchev–Trinajstić information content (AvgIpc) is 2.31. The monoisotopic (exact) mass is 298 g/mol. The number of nitrogens with two attached hydrogens (primary N) is 1. The molecule has 1 aromatic carbocycles. The second-order valence-corrected chi connectivity index (χ2v) is 5.29. The molecule has 0 heterocycles. The summed E-state index contributed by atoms with van der Waals surface area (Å²) < 4.78 is 0.818. The van der Waals surface area contributed by atoms with Crippen molar-refractivity contribution < 1.29 is 4.79 Å². The van der Waals surface area contributed by atoms with Gasteiger partial charge in [-0.1, -0.05) is 20.3 Å². The predicted octanol–water partition coefficient (Wildman–Crippen LogP) is 3.15. The molecule has 0 aliphatic rings. The van der Waals surface area contributed by atoms with Gasteiger partial charge in [-0.15, -0.1) is 0 Å². The number of anilines is 1. The Hall–Kier alpha value is -1.03. The summed E-state index contributed by atoms with van der Waals surface area (Å²) in [6.07, 6.45) is 1.07. The summed E-state index contributed by atoms with van der Waals surface area (Å²) in [4.78, 5) is 13.9. The van der Waals surface area contributed by atoms with Crippen molar-refractivity contribution in [2.24, 2.45) is 5.92 Å². The lowest BCUT2D eigenvalue weighted by atomic mass is 10.1. The standard InChI is InChI=1S/C13H19BrN2O/c1-4-9(2)8-16(3)13(17)10-5-6-11(14)12(15)7-10/h5-7,9H,4,8,15H2,1-3H3. The van der Waals surface area contributed by atoms with E-state index in [4.69, 9.17) is 5.73 Å². The highest BCUT2D eigenvalue weighted by atomic mass is 79.9. The van der Waals surface area contributed by atoms with Crippen molar-refractivity contribution in [2.45, 2.75) is 20.3 Å². The van der Waals surface area contributed by atoms with Crippen LogP contribution in [0.1, 0.15) is 30.6 Å². The van der Waals surface area contributed by atoms with Gasteiger partial charge in [0.1, 0.15) is 0 Å². The first-order valence-corrected chi connectivity index (χ1v) is 6.55. The third-order valence-corrected chi connectivity index (χ3v) is 3.59. The third-order valence-electron chi connectivity index (χ3n) is 2.87. The van der Waals surface area contributed by atoms with Crippen LogP contribution in [-0.4, -0.2) is 24.4 Å². The van der Waals surface area contributed by atoms with Crippen LogP contribution in [0.15, 0.2) is 22.7 Å². The first-order valence-electron chi connectivity index (χ1n) is 5.76. The largest absolute Gasteiger partial charge is 0.398 e. The van der Waals surface area contributed by atoms with Crippen LogP contribution in [0.3, 0.4) is 0 Å². The first-order chi connectivity index (χ1) is 7.95. The van der Waals surface area contributed by atoms with Crippen LogP contribution in [0.2, 0.25) is 0 Å². The highest BCUT2D eigenvalue weighted by Gasteiger charge is 2.14. The number of nitrogen functional groups attached to an aromatic ring is 1. The number of halogens is 1. The maximum absolute atomic E-state index is 12.1. The molecule has 1 aromatic rings. The summed E-state index contributed by atoms with van der Waals surface area (Å²) >= 11 is 3.32. The topological polar surface area (TPSA) is 46.3 Å². The van der Waals surface area contributed by atoms with E-state index in [2.05, 4.69) is 29.8 Å². The molecule has 3 nitrogen and oxygen atoms in total. The van der Waals surface area contributed by atoms with Crippen LogP contribution < -0.4 is 5.73 Å². The summed E-state index contributed by atoms with van der Waals surface area (Å²) in [5, 5.41) is 0. The van der Waals surface area contributed by atoms with Gasteiger partial charge in [-0.25, -0.2) is 0 Å². The Labute approximate surface area is 111 Å². The van der Waals surface area contributed by atoms with Crippen molar-refractivity contribution in [1.82, 2.24) is 4.90 Å². The second kappa shape index (κ2) is 6.05. The zero-order valence-electron chi connectivity index (χ0n) is 10.5. The van der Waals surface area contributed by atoms with E-state index in [1.165, 1.54) is 0 Å². The molecule has 2 N–H and O–H groups in total. The molecule has 0 radical (unpaired) electrons. The van der Waals surface area contributed by atoms with E-state index < -0.39 is 0 Å². The van der Waals surface area contributed by atoms with Gasteiger partial charge in [0.25, 0.3) is 5.91 Å². The SMILES string of the molecule is CCC(C)CN(C)C(=O)c1ccc(Br)c(N)c1. The number of hydrogen-bond donors (Lipinski definition) is 1. The summed E-state index contributed by atoms with van der Waals surface area (Å²) in [6, 6.07) is 5.30. The molecule has 1 amide bonds. The second-order valence-electron chi connectivity index (χ2n) is 4.44. The minimum absolute atomic E-state index is 0.0181. The van der Waals surface area contributed by atoms with E-state index in [9.17, 15) is 4.79 Å². The van der Waals surface area contributed by atoms with Crippen LogP contribution in [0.5, 0.6) is 0 Å². The van der Waals surface area contributed by atoms with Crippen molar-refractivity contribution in [1.29, 1.82) is 0 Å². The van der Waals surface area contributed by atoms with Crippen molar-refractivity contribution in [3.63, 3.8) is 0 Å². The summed E-state index contributed by atoms with van der Waals surface area (Å²) in [7, 11) is 1.83. The summed E-state index contributed by atoms with van der Waals surface area (Å²) in [6.45, 7) is 5.03. The van der Waals surface area contributed by atoms with Crippen LogP contribution in [0.4, 0.5) is 5.69 Å². The fraction of sp³-hybridized carbons (Fsp3) is 0.462. The number of hydrogen-bond acceptors (Lipinski definition) is 2. The normalized spacial score (nSPS) is 12.2. The van der Waals surface area contributed by atoms with Crippen LogP contribution in [0, 0.1) is 5.92 Å². The van der Waals surface area contributed by atoms with Crippen molar-refractivity contribution in [3.8, 4) is 0 Å². The molecule has 1 unspecified atom stereocenters. The number of carbonyl (C=O) groups is 1. The molecular weight excluding hydrogens is 280 g/mol. The van der Waals surface area contributed by atoms with Crippen molar-refractivity contribution in [2.75, 3.05) is 19.3 Å². The lowest BCUT2D eigenvalue weighted by Gasteiger charge is -2.21.